The van der Waals surface area contributed by atoms with Gasteiger partial charge in [0, 0.05) is 41.4 Å². The highest BCUT2D eigenvalue weighted by molar-refractivity contribution is 7.21. The van der Waals surface area contributed by atoms with E-state index in [0.29, 0.717) is 60.5 Å². The molecule has 0 bridgehead atoms. The van der Waals surface area contributed by atoms with E-state index in [1.165, 1.54) is 36.9 Å². The van der Waals surface area contributed by atoms with Crippen LogP contribution >= 0.6 is 22.9 Å². The molecular weight excluding hydrogens is 573 g/mol. The van der Waals surface area contributed by atoms with Crippen LogP contribution in [0.25, 0.3) is 31.8 Å². The summed E-state index contributed by atoms with van der Waals surface area (Å²) in [6.07, 6.45) is 1.31. The van der Waals surface area contributed by atoms with Gasteiger partial charge in [0.25, 0.3) is 0 Å². The molecule has 2 N–H and O–H groups in total. The Hall–Kier alpha value is -4.13. The fraction of sp³-hybridized carbons (Fsp3) is 0.250. The zero-order valence-electron chi connectivity index (χ0n) is 22.2. The largest absolute Gasteiger partial charge is 0.484 e. The smallest absolute Gasteiger partial charge is 0.412 e. The molecular formula is C28H25ClFN5O5S. The van der Waals surface area contributed by atoms with Gasteiger partial charge in [-0.25, -0.2) is 24.1 Å². The van der Waals surface area contributed by atoms with Crippen LogP contribution in [0.5, 0.6) is 11.6 Å². The molecule has 0 aliphatic carbocycles. The van der Waals surface area contributed by atoms with Crippen LogP contribution in [0.15, 0.2) is 48.8 Å². The molecule has 0 saturated heterocycles. The van der Waals surface area contributed by atoms with Crippen LogP contribution in [0.1, 0.15) is 19.5 Å². The number of aliphatic hydroxyl groups is 1. The van der Waals surface area contributed by atoms with E-state index >= 15 is 4.39 Å². The number of aliphatic hydroxyl groups excluding tert-OH is 1. The van der Waals surface area contributed by atoms with Gasteiger partial charge in [0.1, 0.15) is 17.2 Å². The van der Waals surface area contributed by atoms with E-state index in [-0.39, 0.29) is 12.4 Å². The van der Waals surface area contributed by atoms with E-state index in [9.17, 15) is 4.79 Å². The number of nitrogens with one attached hydrogen (secondary N) is 1. The average Bonchev–Trinajstić information content (AvgIpc) is 3.35. The van der Waals surface area contributed by atoms with Crippen LogP contribution in [-0.2, 0) is 11.2 Å². The van der Waals surface area contributed by atoms with Gasteiger partial charge in [0.15, 0.2) is 11.6 Å². The van der Waals surface area contributed by atoms with Crippen LogP contribution in [0.3, 0.4) is 0 Å². The second-order valence-electron chi connectivity index (χ2n) is 9.07. The summed E-state index contributed by atoms with van der Waals surface area (Å²) in [7, 11) is 1.50. The quantitative estimate of drug-likeness (QED) is 0.209. The first kappa shape index (κ1) is 28.4. The number of halogens is 2. The van der Waals surface area contributed by atoms with Crippen molar-refractivity contribution in [3.8, 4) is 22.2 Å². The third kappa shape index (κ3) is 6.45. The van der Waals surface area contributed by atoms with E-state index in [0.717, 1.165) is 0 Å². The third-order valence-corrected chi connectivity index (χ3v) is 7.45. The summed E-state index contributed by atoms with van der Waals surface area (Å²) < 4.78 is 32.1. The normalized spacial score (nSPS) is 12.7. The Kier molecular flexibility index (Phi) is 8.43. The number of ether oxygens (including phenoxy) is 3. The minimum absolute atomic E-state index is 0.000195. The Morgan fingerprint density at radius 2 is 1.93 bits per heavy atom. The van der Waals surface area contributed by atoms with Gasteiger partial charge in [-0.3, -0.25) is 10.3 Å². The van der Waals surface area contributed by atoms with Crippen molar-refractivity contribution in [2.24, 2.45) is 0 Å². The number of thiazole rings is 1. The zero-order valence-corrected chi connectivity index (χ0v) is 23.8. The number of fused-ring (bicyclic) bond motifs is 2. The summed E-state index contributed by atoms with van der Waals surface area (Å²) in [6.45, 7) is 3.31. The second-order valence-corrected chi connectivity index (χ2v) is 10.5. The molecule has 0 aliphatic rings. The summed E-state index contributed by atoms with van der Waals surface area (Å²) in [4.78, 5) is 30.0. The van der Waals surface area contributed by atoms with Crippen molar-refractivity contribution in [2.45, 2.75) is 32.5 Å². The summed E-state index contributed by atoms with van der Waals surface area (Å²) in [5.74, 6) is -0.249. The number of carbonyl (C=O) groups excluding carboxylic acids is 1. The monoisotopic (exact) mass is 597 g/mol. The lowest BCUT2D eigenvalue weighted by Gasteiger charge is -2.22. The maximum absolute atomic E-state index is 15.0. The van der Waals surface area contributed by atoms with Gasteiger partial charge >= 0.3 is 6.09 Å². The molecule has 3 aromatic heterocycles. The molecule has 5 aromatic rings. The molecule has 0 radical (unpaired) electrons. The lowest BCUT2D eigenvalue weighted by atomic mass is 10.2. The van der Waals surface area contributed by atoms with E-state index < -0.39 is 24.1 Å². The van der Waals surface area contributed by atoms with Gasteiger partial charge in [-0.05, 0) is 38.1 Å². The number of hydrogen-bond acceptors (Lipinski definition) is 10. The Balaban J connectivity index is 1.30. The predicted molar refractivity (Wildman–Crippen MR) is 154 cm³/mol. The molecule has 0 fully saturated rings. The highest BCUT2D eigenvalue weighted by Gasteiger charge is 2.22. The molecule has 2 aromatic carbocycles. The fourth-order valence-corrected chi connectivity index (χ4v) is 5.14. The average molecular weight is 598 g/mol. The number of pyridine rings is 1. The van der Waals surface area contributed by atoms with Gasteiger partial charge < -0.3 is 19.3 Å². The topological polar surface area (TPSA) is 129 Å². The minimum atomic E-state index is -0.711. The van der Waals surface area contributed by atoms with E-state index in [4.69, 9.17) is 30.9 Å². The molecule has 13 heteroatoms. The third-order valence-electron chi connectivity index (χ3n) is 6.18. The molecule has 0 saturated carbocycles. The van der Waals surface area contributed by atoms with Crippen molar-refractivity contribution in [3.63, 3.8) is 0 Å². The van der Waals surface area contributed by atoms with Crippen molar-refractivity contribution in [1.29, 1.82) is 0 Å². The molecule has 0 unspecified atom stereocenters. The number of methoxy groups -OCH3 is 1. The van der Waals surface area contributed by atoms with Crippen LogP contribution in [0.4, 0.5) is 14.9 Å². The number of amides is 1. The first-order valence-electron chi connectivity index (χ1n) is 12.5. The second kappa shape index (κ2) is 12.2. The molecule has 212 valence electrons. The molecule has 0 aliphatic heterocycles. The van der Waals surface area contributed by atoms with Gasteiger partial charge in [0.05, 0.1) is 46.4 Å². The lowest BCUT2D eigenvalue weighted by molar-refractivity contribution is 0.0402. The molecule has 2 atom stereocenters. The van der Waals surface area contributed by atoms with Crippen LogP contribution in [0, 0.1) is 5.82 Å². The van der Waals surface area contributed by atoms with Gasteiger partial charge in [-0.1, -0.05) is 11.6 Å². The van der Waals surface area contributed by atoms with E-state index in [1.54, 1.807) is 44.2 Å². The molecule has 10 nitrogen and oxygen atoms in total. The Labute approximate surface area is 243 Å². The van der Waals surface area contributed by atoms with E-state index in [2.05, 4.69) is 25.3 Å². The van der Waals surface area contributed by atoms with Gasteiger partial charge in [-0.2, -0.15) is 0 Å². The SMILES string of the molecule is COc1cnc2c(-c3nc4cc(F)c(O[C@@H](C)[C@@H](C)OC(=O)Nc5ccc(CCO)nc5)cc4s3)cc(Cl)cc2n1. The predicted octanol–water partition coefficient (Wildman–Crippen LogP) is 6.04. The van der Waals surface area contributed by atoms with Crippen LogP contribution < -0.4 is 14.8 Å². The van der Waals surface area contributed by atoms with Crippen molar-refractivity contribution < 1.29 is 28.5 Å². The first-order valence-corrected chi connectivity index (χ1v) is 13.7. The number of carbonyl (C=O) groups is 1. The van der Waals surface area contributed by atoms with E-state index in [1.807, 2.05) is 0 Å². The van der Waals surface area contributed by atoms with Crippen LogP contribution in [-0.4, -0.2) is 57.1 Å². The maximum atomic E-state index is 15.0. The fourth-order valence-electron chi connectivity index (χ4n) is 3.94. The minimum Gasteiger partial charge on any atom is -0.484 e. The summed E-state index contributed by atoms with van der Waals surface area (Å²) >= 11 is 7.67. The molecule has 0 spiro atoms. The standard InChI is InChI=1S/C28H25ClFN5O5S/c1-14(15(2)40-28(37)33-18-5-4-17(6-7-36)31-12-18)39-23-11-24-21(10-20(23)30)35-27(41-24)19-8-16(29)9-22-26(19)32-13-25(34-22)38-3/h4-5,8-15,36H,6-7H2,1-3H3,(H,33,37)/t14-,15+/m0/s1. The summed E-state index contributed by atoms with van der Waals surface area (Å²) in [5, 5.41) is 12.6. The van der Waals surface area contributed by atoms with Crippen molar-refractivity contribution in [3.05, 3.63) is 65.3 Å². The summed E-state index contributed by atoms with van der Waals surface area (Å²) in [5.41, 5.74) is 3.37. The number of nitrogens with zero attached hydrogens (tertiary/aromatic N) is 4. The van der Waals surface area contributed by atoms with Crippen molar-refractivity contribution in [2.75, 3.05) is 19.0 Å². The molecule has 5 rings (SSSR count). The van der Waals surface area contributed by atoms with Gasteiger partial charge in [-0.15, -0.1) is 11.3 Å². The van der Waals surface area contributed by atoms with Crippen molar-refractivity contribution in [1.82, 2.24) is 19.9 Å². The number of aromatic nitrogens is 4. The summed E-state index contributed by atoms with van der Waals surface area (Å²) in [6, 6.07) is 9.64. The number of rotatable bonds is 9. The number of hydrogen-bond donors (Lipinski definition) is 2. The number of benzene rings is 2. The molecule has 3 heterocycles. The Morgan fingerprint density at radius 1 is 1.10 bits per heavy atom. The first-order chi connectivity index (χ1) is 19.7. The van der Waals surface area contributed by atoms with Crippen LogP contribution in [0.2, 0.25) is 5.02 Å². The zero-order chi connectivity index (χ0) is 29.1. The number of anilines is 1. The highest BCUT2D eigenvalue weighted by Crippen LogP contribution is 2.38. The van der Waals surface area contributed by atoms with Crippen molar-refractivity contribution >= 4 is 56.0 Å². The Bertz CT molecular complexity index is 1720. The lowest BCUT2D eigenvalue weighted by Crippen LogP contribution is -2.32. The highest BCUT2D eigenvalue weighted by atomic mass is 35.5. The molecule has 41 heavy (non-hydrogen) atoms. The Morgan fingerprint density at radius 3 is 2.66 bits per heavy atom. The molecule has 1 amide bonds. The van der Waals surface area contributed by atoms with Gasteiger partial charge in [0.2, 0.25) is 5.88 Å². The maximum Gasteiger partial charge on any atom is 0.412 e.